The minimum absolute atomic E-state index is 0.0629. The van der Waals surface area contributed by atoms with Gasteiger partial charge in [-0.2, -0.15) is 4.40 Å². The van der Waals surface area contributed by atoms with Crippen LogP contribution >= 0.6 is 0 Å². The Morgan fingerprint density at radius 1 is 0.900 bits per heavy atom. The fourth-order valence-corrected chi connectivity index (χ4v) is 7.95. The van der Waals surface area contributed by atoms with Crippen molar-refractivity contribution >= 4 is 33.0 Å². The Morgan fingerprint density at radius 3 is 2.42 bits per heavy atom. The van der Waals surface area contributed by atoms with Gasteiger partial charge in [0.1, 0.15) is 0 Å². The van der Waals surface area contributed by atoms with Gasteiger partial charge in [0.15, 0.2) is 0 Å². The summed E-state index contributed by atoms with van der Waals surface area (Å²) in [6, 6.07) is 32.0. The van der Waals surface area contributed by atoms with E-state index in [0.29, 0.717) is 13.1 Å². The molecule has 0 radical (unpaired) electrons. The molecule has 9 nitrogen and oxygen atoms in total. The Labute approximate surface area is 297 Å². The molecule has 0 saturated carbocycles. The molecule has 2 amide bonds. The predicted molar refractivity (Wildman–Crippen MR) is 201 cm³/mol. The van der Waals surface area contributed by atoms with Gasteiger partial charge < -0.3 is 15.0 Å². The van der Waals surface area contributed by atoms with E-state index in [1.807, 2.05) is 47.4 Å². The number of rotatable bonds is 14. The molecule has 0 aliphatic carbocycles. The van der Waals surface area contributed by atoms with E-state index in [1.165, 1.54) is 5.56 Å². The number of morpholine rings is 1. The summed E-state index contributed by atoms with van der Waals surface area (Å²) in [4.78, 5) is 20.5. The summed E-state index contributed by atoms with van der Waals surface area (Å²) < 4.78 is 34.6. The van der Waals surface area contributed by atoms with E-state index in [0.717, 1.165) is 92.8 Å². The largest absolute Gasteiger partial charge is 0.379 e. The van der Waals surface area contributed by atoms with Crippen LogP contribution in [-0.2, 0) is 33.6 Å². The summed E-state index contributed by atoms with van der Waals surface area (Å²) in [7, 11) is -3.55. The highest BCUT2D eigenvalue weighted by Crippen LogP contribution is 2.25. The van der Waals surface area contributed by atoms with E-state index in [2.05, 4.69) is 81.0 Å². The van der Waals surface area contributed by atoms with Crippen molar-refractivity contribution in [2.24, 2.45) is 10.3 Å². The molecule has 264 valence electrons. The molecule has 2 fully saturated rings. The third-order valence-electron chi connectivity index (χ3n) is 9.66. The van der Waals surface area contributed by atoms with Crippen molar-refractivity contribution in [3.8, 4) is 0 Å². The van der Waals surface area contributed by atoms with Crippen molar-refractivity contribution in [3.63, 3.8) is 0 Å². The minimum Gasteiger partial charge on any atom is -0.379 e. The predicted octanol–water partition coefficient (Wildman–Crippen LogP) is 6.26. The van der Waals surface area contributed by atoms with Crippen molar-refractivity contribution in [3.05, 3.63) is 119 Å². The summed E-state index contributed by atoms with van der Waals surface area (Å²) in [5.41, 5.74) is 4.13. The van der Waals surface area contributed by atoms with Gasteiger partial charge in [0, 0.05) is 57.9 Å². The number of sulfonamides is 1. The van der Waals surface area contributed by atoms with Crippen LogP contribution in [0.25, 0.3) is 10.8 Å². The first kappa shape index (κ1) is 35.7. The molecule has 2 aliphatic heterocycles. The standard InChI is InChI=1S/C40H49N5O4S/c1-32(38-14-7-12-37-11-5-6-13-39(37)38)42-40(46)45(21-8-20-43-23-25-49-26-24-43)30-34-17-15-33(16-18-34)28-44-22-19-36(29-44)27-41-50(47,48)31-35-9-3-2-4-10-35/h2-7,9-18,27,32,36H,8,19-26,28-31H2,1H3,(H,42,46)/t32-,36?/m0/s1. The normalized spacial score (nSPS) is 18.1. The van der Waals surface area contributed by atoms with E-state index in [9.17, 15) is 13.2 Å². The molecular formula is C40H49N5O4S. The third-order valence-corrected chi connectivity index (χ3v) is 10.8. The van der Waals surface area contributed by atoms with Crippen molar-refractivity contribution in [1.82, 2.24) is 20.0 Å². The molecule has 0 bridgehead atoms. The lowest BCUT2D eigenvalue weighted by atomic mass is 10.00. The molecule has 1 unspecified atom stereocenters. The molecule has 0 aromatic heterocycles. The first-order valence-electron chi connectivity index (χ1n) is 17.8. The number of amides is 2. The van der Waals surface area contributed by atoms with Gasteiger partial charge in [-0.3, -0.25) is 9.80 Å². The fraction of sp³-hybridized carbons (Fsp3) is 0.400. The van der Waals surface area contributed by atoms with Crippen LogP contribution in [0, 0.1) is 5.92 Å². The van der Waals surface area contributed by atoms with Crippen LogP contribution in [0.1, 0.15) is 48.1 Å². The average Bonchev–Trinajstić information content (AvgIpc) is 3.58. The molecule has 4 aromatic carbocycles. The zero-order valence-corrected chi connectivity index (χ0v) is 29.8. The molecule has 10 heteroatoms. The molecule has 4 aromatic rings. The van der Waals surface area contributed by atoms with Crippen molar-refractivity contribution in [2.45, 2.75) is 44.6 Å². The van der Waals surface area contributed by atoms with Gasteiger partial charge in [-0.15, -0.1) is 0 Å². The van der Waals surface area contributed by atoms with Gasteiger partial charge in [-0.05, 0) is 59.3 Å². The second-order valence-corrected chi connectivity index (χ2v) is 15.2. The molecule has 2 aliphatic rings. The first-order chi connectivity index (χ1) is 24.3. The van der Waals surface area contributed by atoms with Gasteiger partial charge in [0.05, 0.1) is 25.0 Å². The lowest BCUT2D eigenvalue weighted by Gasteiger charge is -2.29. The number of fused-ring (bicyclic) bond motifs is 1. The molecule has 2 heterocycles. The molecule has 2 atom stereocenters. The lowest BCUT2D eigenvalue weighted by molar-refractivity contribution is 0.0364. The van der Waals surface area contributed by atoms with Gasteiger partial charge >= 0.3 is 6.03 Å². The highest BCUT2D eigenvalue weighted by Gasteiger charge is 2.23. The number of benzene rings is 4. The fourth-order valence-electron chi connectivity index (χ4n) is 6.90. The van der Waals surface area contributed by atoms with Crippen LogP contribution < -0.4 is 5.32 Å². The van der Waals surface area contributed by atoms with E-state index in [-0.39, 0.29) is 23.7 Å². The number of ether oxygens (including phenoxy) is 1. The zero-order chi connectivity index (χ0) is 34.8. The van der Waals surface area contributed by atoms with Crippen LogP contribution in [0.3, 0.4) is 0 Å². The number of hydrogen-bond donors (Lipinski definition) is 1. The second kappa shape index (κ2) is 17.2. The highest BCUT2D eigenvalue weighted by molar-refractivity contribution is 7.89. The molecule has 6 rings (SSSR count). The van der Waals surface area contributed by atoms with E-state index >= 15 is 0 Å². The quantitative estimate of drug-likeness (QED) is 0.157. The number of urea groups is 1. The SMILES string of the molecule is C[C@H](NC(=O)N(CCCN1CCOCC1)Cc1ccc(CN2CCC(C=NS(=O)(=O)Cc3ccccc3)C2)cc1)c1cccc2ccccc12. The maximum absolute atomic E-state index is 13.8. The summed E-state index contributed by atoms with van der Waals surface area (Å²) in [6.45, 7) is 10.0. The molecular weight excluding hydrogens is 647 g/mol. The van der Waals surface area contributed by atoms with Crippen LogP contribution in [-0.4, -0.2) is 87.8 Å². The van der Waals surface area contributed by atoms with Crippen LogP contribution in [0.5, 0.6) is 0 Å². The van der Waals surface area contributed by atoms with E-state index in [4.69, 9.17) is 4.74 Å². The van der Waals surface area contributed by atoms with Crippen molar-refractivity contribution in [1.29, 1.82) is 0 Å². The van der Waals surface area contributed by atoms with Crippen LogP contribution in [0.15, 0.2) is 101 Å². The topological polar surface area (TPSA) is 94.6 Å². The van der Waals surface area contributed by atoms with Crippen molar-refractivity contribution in [2.75, 3.05) is 52.5 Å². The second-order valence-electron chi connectivity index (χ2n) is 13.5. The summed E-state index contributed by atoms with van der Waals surface area (Å²) in [6.07, 6.45) is 3.40. The number of nitrogens with one attached hydrogen (secondary N) is 1. The lowest BCUT2D eigenvalue weighted by Crippen LogP contribution is -2.43. The minimum atomic E-state index is -3.55. The Bertz CT molecular complexity index is 1820. The Kier molecular flexibility index (Phi) is 12.3. The smallest absolute Gasteiger partial charge is 0.318 e. The third kappa shape index (κ3) is 10.2. The van der Waals surface area contributed by atoms with E-state index in [1.54, 1.807) is 6.21 Å². The average molecular weight is 696 g/mol. The van der Waals surface area contributed by atoms with Crippen molar-refractivity contribution < 1.29 is 17.9 Å². The monoisotopic (exact) mass is 695 g/mol. The number of likely N-dealkylation sites (tertiary alicyclic amines) is 1. The molecule has 1 N–H and O–H groups in total. The molecule has 0 spiro atoms. The maximum atomic E-state index is 13.8. The summed E-state index contributed by atoms with van der Waals surface area (Å²) >= 11 is 0. The number of hydrogen-bond acceptors (Lipinski definition) is 6. The van der Waals surface area contributed by atoms with Gasteiger partial charge in [-0.25, -0.2) is 13.2 Å². The van der Waals surface area contributed by atoms with E-state index < -0.39 is 10.0 Å². The van der Waals surface area contributed by atoms with Gasteiger partial charge in [0.25, 0.3) is 10.0 Å². The highest BCUT2D eigenvalue weighted by atomic mass is 32.2. The number of carbonyl (C=O) groups is 1. The Hall–Kier alpha value is -4.09. The first-order valence-corrected chi connectivity index (χ1v) is 19.4. The number of carbonyl (C=O) groups excluding carboxylic acids is 1. The number of nitrogens with zero attached hydrogens (tertiary/aromatic N) is 4. The Balaban J connectivity index is 1.04. The summed E-state index contributed by atoms with van der Waals surface area (Å²) in [5, 5.41) is 5.61. The molecule has 2 saturated heterocycles. The molecule has 50 heavy (non-hydrogen) atoms. The van der Waals surface area contributed by atoms with Crippen LogP contribution in [0.4, 0.5) is 4.79 Å². The Morgan fingerprint density at radius 2 is 1.62 bits per heavy atom. The van der Waals surface area contributed by atoms with Gasteiger partial charge in [0.2, 0.25) is 0 Å². The maximum Gasteiger partial charge on any atom is 0.318 e. The van der Waals surface area contributed by atoms with Gasteiger partial charge in [-0.1, -0.05) is 97.1 Å². The van der Waals surface area contributed by atoms with Crippen LogP contribution in [0.2, 0.25) is 0 Å². The summed E-state index contributed by atoms with van der Waals surface area (Å²) in [5.74, 6) is 0.0316. The zero-order valence-electron chi connectivity index (χ0n) is 29.0.